The van der Waals surface area contributed by atoms with E-state index in [9.17, 15) is 9.50 Å². The zero-order chi connectivity index (χ0) is 15.0. The van der Waals surface area contributed by atoms with Gasteiger partial charge >= 0.3 is 0 Å². The normalized spacial score (nSPS) is 11.2. The Morgan fingerprint density at radius 3 is 2.81 bits per heavy atom. The summed E-state index contributed by atoms with van der Waals surface area (Å²) in [4.78, 5) is 4.52. The molecule has 3 rings (SSSR count). The monoisotopic (exact) mass is 304 g/mol. The van der Waals surface area contributed by atoms with Crippen LogP contribution in [0.1, 0.15) is 13.3 Å². The Labute approximate surface area is 126 Å². The van der Waals surface area contributed by atoms with E-state index in [-0.39, 0.29) is 5.75 Å². The SMILES string of the molecule is CCCn1c(-c2cc(F)ccc2O)nc2cc(Cl)ccc21. The van der Waals surface area contributed by atoms with Gasteiger partial charge in [-0.1, -0.05) is 18.5 Å². The van der Waals surface area contributed by atoms with Gasteiger partial charge in [-0.05, 0) is 42.8 Å². The molecule has 0 aliphatic heterocycles. The lowest BCUT2D eigenvalue weighted by atomic mass is 10.2. The fraction of sp³-hybridized carbons (Fsp3) is 0.188. The Morgan fingerprint density at radius 2 is 2.05 bits per heavy atom. The molecule has 0 saturated carbocycles. The van der Waals surface area contributed by atoms with E-state index in [1.54, 1.807) is 12.1 Å². The minimum absolute atomic E-state index is 0.00940. The lowest BCUT2D eigenvalue weighted by Gasteiger charge is -2.09. The summed E-state index contributed by atoms with van der Waals surface area (Å²) in [5.41, 5.74) is 2.03. The van der Waals surface area contributed by atoms with E-state index < -0.39 is 5.82 Å². The Bertz CT molecular complexity index is 813. The van der Waals surface area contributed by atoms with Gasteiger partial charge in [-0.15, -0.1) is 0 Å². The summed E-state index contributed by atoms with van der Waals surface area (Å²) in [5.74, 6) is 0.150. The Kier molecular flexibility index (Phi) is 3.55. The maximum Gasteiger partial charge on any atom is 0.144 e. The second kappa shape index (κ2) is 5.37. The lowest BCUT2D eigenvalue weighted by molar-refractivity contribution is 0.474. The summed E-state index contributed by atoms with van der Waals surface area (Å²) < 4.78 is 15.5. The average Bonchev–Trinajstić information content (AvgIpc) is 2.80. The van der Waals surface area contributed by atoms with Crippen LogP contribution in [0.3, 0.4) is 0 Å². The van der Waals surface area contributed by atoms with Crippen LogP contribution in [0.2, 0.25) is 5.02 Å². The number of hydrogen-bond donors (Lipinski definition) is 1. The van der Waals surface area contributed by atoms with E-state index in [0.717, 1.165) is 24.0 Å². The first kappa shape index (κ1) is 13.9. The van der Waals surface area contributed by atoms with Gasteiger partial charge < -0.3 is 9.67 Å². The first-order valence-electron chi connectivity index (χ1n) is 6.75. The summed E-state index contributed by atoms with van der Waals surface area (Å²) in [6.07, 6.45) is 0.900. The molecule has 3 aromatic rings. The molecule has 1 aromatic heterocycles. The quantitative estimate of drug-likeness (QED) is 0.767. The van der Waals surface area contributed by atoms with Crippen molar-refractivity contribution in [2.75, 3.05) is 0 Å². The fourth-order valence-corrected chi connectivity index (χ4v) is 2.61. The highest BCUT2D eigenvalue weighted by Gasteiger charge is 2.16. The molecule has 0 bridgehead atoms. The van der Waals surface area contributed by atoms with Crippen molar-refractivity contribution in [2.45, 2.75) is 19.9 Å². The number of aromatic hydroxyl groups is 1. The number of phenols is 1. The van der Waals surface area contributed by atoms with E-state index in [1.165, 1.54) is 18.2 Å². The van der Waals surface area contributed by atoms with E-state index in [4.69, 9.17) is 11.6 Å². The summed E-state index contributed by atoms with van der Waals surface area (Å²) in [5, 5.41) is 10.6. The number of imidazole rings is 1. The molecule has 0 saturated heterocycles. The largest absolute Gasteiger partial charge is 0.507 e. The zero-order valence-electron chi connectivity index (χ0n) is 11.5. The first-order chi connectivity index (χ1) is 10.1. The smallest absolute Gasteiger partial charge is 0.144 e. The maximum atomic E-state index is 13.5. The zero-order valence-corrected chi connectivity index (χ0v) is 12.2. The molecule has 0 fully saturated rings. The molecule has 108 valence electrons. The van der Waals surface area contributed by atoms with Crippen molar-refractivity contribution in [1.29, 1.82) is 0 Å². The van der Waals surface area contributed by atoms with Gasteiger partial charge in [0.05, 0.1) is 16.6 Å². The minimum Gasteiger partial charge on any atom is -0.507 e. The number of hydrogen-bond acceptors (Lipinski definition) is 2. The molecule has 0 atom stereocenters. The third-order valence-electron chi connectivity index (χ3n) is 3.36. The van der Waals surface area contributed by atoms with Gasteiger partial charge in [0.15, 0.2) is 0 Å². The number of aromatic nitrogens is 2. The Balaban J connectivity index is 2.30. The Morgan fingerprint density at radius 1 is 1.24 bits per heavy atom. The summed E-state index contributed by atoms with van der Waals surface area (Å²) >= 11 is 6.00. The second-order valence-electron chi connectivity index (χ2n) is 4.88. The lowest BCUT2D eigenvalue weighted by Crippen LogP contribution is -2.00. The summed E-state index contributed by atoms with van der Waals surface area (Å²) in [6, 6.07) is 9.32. The van der Waals surface area contributed by atoms with E-state index in [1.807, 2.05) is 10.6 Å². The number of fused-ring (bicyclic) bond motifs is 1. The van der Waals surface area contributed by atoms with Crippen LogP contribution in [0.5, 0.6) is 5.75 Å². The highest BCUT2D eigenvalue weighted by atomic mass is 35.5. The maximum absolute atomic E-state index is 13.5. The number of rotatable bonds is 3. The topological polar surface area (TPSA) is 38.0 Å². The molecule has 3 nitrogen and oxygen atoms in total. The third-order valence-corrected chi connectivity index (χ3v) is 3.59. The number of phenolic OH excluding ortho intramolecular Hbond substituents is 1. The molecule has 5 heteroatoms. The third kappa shape index (κ3) is 2.47. The van der Waals surface area contributed by atoms with Crippen molar-refractivity contribution < 1.29 is 9.50 Å². The van der Waals surface area contributed by atoms with Gasteiger partial charge in [0.1, 0.15) is 17.4 Å². The van der Waals surface area contributed by atoms with Gasteiger partial charge in [0, 0.05) is 11.6 Å². The molecule has 21 heavy (non-hydrogen) atoms. The fourth-order valence-electron chi connectivity index (χ4n) is 2.45. The van der Waals surface area contributed by atoms with Crippen molar-refractivity contribution in [3.8, 4) is 17.1 Å². The summed E-state index contributed by atoms with van der Waals surface area (Å²) in [7, 11) is 0. The van der Waals surface area contributed by atoms with Gasteiger partial charge in [-0.3, -0.25) is 0 Å². The number of halogens is 2. The molecule has 1 N–H and O–H groups in total. The molecule has 0 radical (unpaired) electrons. The first-order valence-corrected chi connectivity index (χ1v) is 7.12. The van der Waals surface area contributed by atoms with Crippen LogP contribution in [0.25, 0.3) is 22.4 Å². The predicted octanol–water partition coefficient (Wildman–Crippen LogP) is 4.61. The van der Waals surface area contributed by atoms with Crippen molar-refractivity contribution in [1.82, 2.24) is 9.55 Å². The van der Waals surface area contributed by atoms with E-state index in [0.29, 0.717) is 16.4 Å². The van der Waals surface area contributed by atoms with Crippen molar-refractivity contribution in [3.05, 3.63) is 47.2 Å². The predicted molar refractivity (Wildman–Crippen MR) is 82.1 cm³/mol. The minimum atomic E-state index is -0.407. The van der Waals surface area contributed by atoms with E-state index >= 15 is 0 Å². The molecule has 0 aliphatic carbocycles. The van der Waals surface area contributed by atoms with Crippen LogP contribution in [-0.2, 0) is 6.54 Å². The average molecular weight is 305 g/mol. The van der Waals surface area contributed by atoms with Crippen LogP contribution in [0.15, 0.2) is 36.4 Å². The molecule has 2 aromatic carbocycles. The molecular weight excluding hydrogens is 291 g/mol. The standard InChI is InChI=1S/C16H14ClFN2O/c1-2-7-20-14-5-3-10(17)8-13(14)19-16(20)12-9-11(18)4-6-15(12)21/h3-6,8-9,21H,2,7H2,1H3. The molecule has 0 spiro atoms. The van der Waals surface area contributed by atoms with Crippen LogP contribution < -0.4 is 0 Å². The number of nitrogens with zero attached hydrogens (tertiary/aromatic N) is 2. The molecule has 0 aliphatic rings. The van der Waals surface area contributed by atoms with Crippen molar-refractivity contribution >= 4 is 22.6 Å². The van der Waals surface area contributed by atoms with Gasteiger partial charge in [-0.2, -0.15) is 0 Å². The van der Waals surface area contributed by atoms with Crippen LogP contribution in [-0.4, -0.2) is 14.7 Å². The Hall–Kier alpha value is -2.07. The van der Waals surface area contributed by atoms with E-state index in [2.05, 4.69) is 11.9 Å². The highest BCUT2D eigenvalue weighted by Crippen LogP contribution is 2.32. The molecule has 0 unspecified atom stereocenters. The second-order valence-corrected chi connectivity index (χ2v) is 5.32. The summed E-state index contributed by atoms with van der Waals surface area (Å²) in [6.45, 7) is 2.78. The number of benzene rings is 2. The highest BCUT2D eigenvalue weighted by molar-refractivity contribution is 6.31. The molecule has 0 amide bonds. The van der Waals surface area contributed by atoms with Gasteiger partial charge in [0.2, 0.25) is 0 Å². The van der Waals surface area contributed by atoms with Crippen molar-refractivity contribution in [2.24, 2.45) is 0 Å². The van der Waals surface area contributed by atoms with Crippen molar-refractivity contribution in [3.63, 3.8) is 0 Å². The molecular formula is C16H14ClFN2O. The number of aryl methyl sites for hydroxylation is 1. The van der Waals surface area contributed by atoms with Gasteiger partial charge in [-0.25, -0.2) is 9.37 Å². The van der Waals surface area contributed by atoms with Crippen LogP contribution >= 0.6 is 11.6 Å². The molecule has 1 heterocycles. The van der Waals surface area contributed by atoms with Crippen LogP contribution in [0, 0.1) is 5.82 Å². The van der Waals surface area contributed by atoms with Crippen LogP contribution in [0.4, 0.5) is 4.39 Å². The van der Waals surface area contributed by atoms with Gasteiger partial charge in [0.25, 0.3) is 0 Å².